The smallest absolute Gasteiger partial charge is 0.199 e. The molecule has 2 rings (SSSR count). The second-order valence-corrected chi connectivity index (χ2v) is 5.22. The van der Waals surface area contributed by atoms with Crippen molar-refractivity contribution in [2.75, 3.05) is 0 Å². The van der Waals surface area contributed by atoms with Crippen LogP contribution in [0.4, 0.5) is 0 Å². The molecule has 2 aromatic rings. The van der Waals surface area contributed by atoms with E-state index in [2.05, 4.69) is 15.5 Å². The zero-order chi connectivity index (χ0) is 11.8. The highest BCUT2D eigenvalue weighted by atomic mass is 32.2. The van der Waals surface area contributed by atoms with E-state index in [4.69, 9.17) is 0 Å². The minimum absolute atomic E-state index is 0.222. The Labute approximate surface area is 93.0 Å². The van der Waals surface area contributed by atoms with Crippen molar-refractivity contribution >= 4 is 10.0 Å². The van der Waals surface area contributed by atoms with Crippen LogP contribution in [-0.2, 0) is 10.0 Å². The van der Waals surface area contributed by atoms with Crippen molar-refractivity contribution in [3.05, 3.63) is 35.7 Å². The Morgan fingerprint density at radius 1 is 1.25 bits per heavy atom. The van der Waals surface area contributed by atoms with Gasteiger partial charge in [-0.05, 0) is 41.5 Å². The topological polar surface area (TPSA) is 77.7 Å². The molecule has 6 nitrogen and oxygen atoms in total. The predicted molar refractivity (Wildman–Crippen MR) is 56.3 cm³/mol. The summed E-state index contributed by atoms with van der Waals surface area (Å²) < 4.78 is 24.9. The molecule has 0 fully saturated rings. The van der Waals surface area contributed by atoms with E-state index in [0.29, 0.717) is 5.56 Å². The Balaban J connectivity index is 2.65. The number of rotatable bonds is 2. The Hall–Kier alpha value is -1.76. The van der Waals surface area contributed by atoms with Gasteiger partial charge in [0.1, 0.15) is 0 Å². The first-order valence-corrected chi connectivity index (χ1v) is 6.01. The van der Waals surface area contributed by atoms with Crippen LogP contribution in [0.25, 0.3) is 0 Å². The summed E-state index contributed by atoms with van der Waals surface area (Å²) >= 11 is 0. The van der Waals surface area contributed by atoms with Gasteiger partial charge < -0.3 is 0 Å². The monoisotopic (exact) mass is 238 g/mol. The molecule has 1 heterocycles. The van der Waals surface area contributed by atoms with Crippen molar-refractivity contribution in [1.29, 1.82) is 0 Å². The predicted octanol–water partition coefficient (Wildman–Crippen LogP) is 0.527. The third-order valence-corrected chi connectivity index (χ3v) is 3.85. The van der Waals surface area contributed by atoms with Crippen LogP contribution in [0.3, 0.4) is 0 Å². The van der Waals surface area contributed by atoms with E-state index in [1.165, 1.54) is 0 Å². The fraction of sp³-hybridized carbons (Fsp3) is 0.222. The molecule has 0 radical (unpaired) electrons. The quantitative estimate of drug-likeness (QED) is 0.762. The Bertz CT molecular complexity index is 604. The molecule has 84 valence electrons. The van der Waals surface area contributed by atoms with Crippen LogP contribution in [0.2, 0.25) is 0 Å². The summed E-state index contributed by atoms with van der Waals surface area (Å²) in [6, 6.07) is 5.22. The Morgan fingerprint density at radius 3 is 2.62 bits per heavy atom. The van der Waals surface area contributed by atoms with Crippen LogP contribution in [0, 0.1) is 13.8 Å². The maximum Gasteiger partial charge on any atom is 0.286 e. The summed E-state index contributed by atoms with van der Waals surface area (Å²) in [6.45, 7) is 3.56. The molecule has 0 aliphatic heterocycles. The van der Waals surface area contributed by atoms with E-state index in [0.717, 1.165) is 16.0 Å². The molecule has 1 aromatic heterocycles. The van der Waals surface area contributed by atoms with Gasteiger partial charge in [0.25, 0.3) is 10.0 Å². The van der Waals surface area contributed by atoms with Crippen molar-refractivity contribution in [1.82, 2.24) is 19.6 Å². The summed E-state index contributed by atoms with van der Waals surface area (Å²) in [5.74, 6) is 0. The van der Waals surface area contributed by atoms with Crippen molar-refractivity contribution in [3.8, 4) is 0 Å². The lowest BCUT2D eigenvalue weighted by Gasteiger charge is -2.06. The van der Waals surface area contributed by atoms with Gasteiger partial charge in [-0.3, -0.25) is 0 Å². The average molecular weight is 238 g/mol. The highest BCUT2D eigenvalue weighted by Gasteiger charge is 2.20. The lowest BCUT2D eigenvalue weighted by Crippen LogP contribution is -2.15. The third-order valence-electron chi connectivity index (χ3n) is 2.20. The van der Waals surface area contributed by atoms with Crippen molar-refractivity contribution in [3.63, 3.8) is 0 Å². The standard InChI is InChI=1S/C9H10N4O2S/c1-7-3-4-8(2)9(5-7)16(14,15)13-6-10-11-12-13/h3-6H,1-2H3. The van der Waals surface area contributed by atoms with E-state index in [-0.39, 0.29) is 4.90 Å². The number of aromatic nitrogens is 4. The zero-order valence-corrected chi connectivity index (χ0v) is 9.64. The molecular weight excluding hydrogens is 228 g/mol. The molecule has 0 bridgehead atoms. The average Bonchev–Trinajstić information content (AvgIpc) is 2.75. The molecule has 1 aromatic carbocycles. The molecule has 0 aliphatic rings. The van der Waals surface area contributed by atoms with Gasteiger partial charge in [0.15, 0.2) is 6.33 Å². The largest absolute Gasteiger partial charge is 0.286 e. The molecule has 0 aliphatic carbocycles. The van der Waals surface area contributed by atoms with E-state index < -0.39 is 10.0 Å². The number of aryl methyl sites for hydroxylation is 2. The summed E-state index contributed by atoms with van der Waals surface area (Å²) in [5.41, 5.74) is 1.54. The summed E-state index contributed by atoms with van der Waals surface area (Å²) in [7, 11) is -3.67. The molecule has 16 heavy (non-hydrogen) atoms. The number of benzene rings is 1. The van der Waals surface area contributed by atoms with Crippen LogP contribution in [-0.4, -0.2) is 28.0 Å². The number of nitrogens with zero attached hydrogens (tertiary/aromatic N) is 4. The molecule has 7 heteroatoms. The van der Waals surface area contributed by atoms with Gasteiger partial charge in [0.2, 0.25) is 0 Å². The molecule has 0 atom stereocenters. The van der Waals surface area contributed by atoms with Gasteiger partial charge in [0, 0.05) is 0 Å². The lowest BCUT2D eigenvalue weighted by atomic mass is 10.2. The van der Waals surface area contributed by atoms with Crippen LogP contribution < -0.4 is 0 Å². The highest BCUT2D eigenvalue weighted by Crippen LogP contribution is 2.18. The van der Waals surface area contributed by atoms with Gasteiger partial charge in [-0.2, -0.15) is 8.42 Å². The van der Waals surface area contributed by atoms with Crippen molar-refractivity contribution in [2.24, 2.45) is 0 Å². The fourth-order valence-electron chi connectivity index (χ4n) is 1.35. The maximum absolute atomic E-state index is 12.1. The minimum atomic E-state index is -3.67. The van der Waals surface area contributed by atoms with Crippen LogP contribution in [0.15, 0.2) is 29.4 Å². The van der Waals surface area contributed by atoms with E-state index in [1.54, 1.807) is 19.1 Å². The molecule has 0 saturated heterocycles. The van der Waals surface area contributed by atoms with Crippen LogP contribution in [0.5, 0.6) is 0 Å². The van der Waals surface area contributed by atoms with Crippen LogP contribution >= 0.6 is 0 Å². The first-order valence-electron chi connectivity index (χ1n) is 4.57. The number of tetrazole rings is 1. The van der Waals surface area contributed by atoms with Gasteiger partial charge in [-0.1, -0.05) is 12.1 Å². The number of hydrogen-bond donors (Lipinski definition) is 0. The zero-order valence-electron chi connectivity index (χ0n) is 8.82. The highest BCUT2D eigenvalue weighted by molar-refractivity contribution is 7.89. The van der Waals surface area contributed by atoms with Gasteiger partial charge in [-0.15, -0.1) is 9.19 Å². The molecule has 0 N–H and O–H groups in total. The number of hydrogen-bond acceptors (Lipinski definition) is 5. The van der Waals surface area contributed by atoms with E-state index >= 15 is 0 Å². The summed E-state index contributed by atoms with van der Waals surface area (Å²) in [6.07, 6.45) is 1.07. The van der Waals surface area contributed by atoms with E-state index in [9.17, 15) is 8.42 Å². The Kier molecular flexibility index (Phi) is 2.47. The second-order valence-electron chi connectivity index (χ2n) is 3.46. The maximum atomic E-state index is 12.1. The van der Waals surface area contributed by atoms with Gasteiger partial charge in [-0.25, -0.2) is 0 Å². The second kappa shape index (κ2) is 3.67. The third kappa shape index (κ3) is 1.69. The Morgan fingerprint density at radius 2 is 2.00 bits per heavy atom. The van der Waals surface area contributed by atoms with Gasteiger partial charge in [0.05, 0.1) is 4.90 Å². The molecular formula is C9H10N4O2S. The first-order chi connectivity index (χ1) is 7.51. The molecule has 0 amide bonds. The molecule has 0 spiro atoms. The molecule has 0 saturated carbocycles. The van der Waals surface area contributed by atoms with Crippen LogP contribution in [0.1, 0.15) is 11.1 Å². The van der Waals surface area contributed by atoms with Crippen molar-refractivity contribution < 1.29 is 8.42 Å². The first kappa shape index (κ1) is 10.7. The summed E-state index contributed by atoms with van der Waals surface area (Å²) in [5, 5.41) is 10.0. The van der Waals surface area contributed by atoms with Gasteiger partial charge >= 0.3 is 0 Å². The SMILES string of the molecule is Cc1ccc(C)c(S(=O)(=O)n2cnnn2)c1. The van der Waals surface area contributed by atoms with E-state index in [1.807, 2.05) is 13.0 Å². The molecule has 0 unspecified atom stereocenters. The fourth-order valence-corrected chi connectivity index (χ4v) is 2.66. The summed E-state index contributed by atoms with van der Waals surface area (Å²) in [4.78, 5) is 0.222. The minimum Gasteiger partial charge on any atom is -0.199 e. The normalized spacial score (nSPS) is 11.6. The van der Waals surface area contributed by atoms with Crippen molar-refractivity contribution in [2.45, 2.75) is 18.7 Å². The lowest BCUT2D eigenvalue weighted by molar-refractivity contribution is 0.576.